The van der Waals surface area contributed by atoms with E-state index in [9.17, 15) is 0 Å². The van der Waals surface area contributed by atoms with Crippen LogP contribution in [-0.2, 0) is 9.47 Å². The predicted octanol–water partition coefficient (Wildman–Crippen LogP) is 2.22. The first-order valence-corrected chi connectivity index (χ1v) is 7.49. The van der Waals surface area contributed by atoms with E-state index in [0.717, 1.165) is 24.1 Å². The zero-order valence-corrected chi connectivity index (χ0v) is 12.5. The Kier molecular flexibility index (Phi) is 3.09. The zero-order valence-electron chi connectivity index (χ0n) is 12.5. The molecule has 1 aliphatic carbocycles. The molecule has 2 heterocycles. The van der Waals surface area contributed by atoms with Gasteiger partial charge in [0.1, 0.15) is 6.04 Å². The van der Waals surface area contributed by atoms with E-state index in [-0.39, 0.29) is 6.04 Å². The van der Waals surface area contributed by atoms with Crippen LogP contribution in [-0.4, -0.2) is 35.9 Å². The molecule has 1 unspecified atom stereocenters. The maximum atomic E-state index is 5.97. The van der Waals surface area contributed by atoms with E-state index in [0.29, 0.717) is 24.7 Å². The highest BCUT2D eigenvalue weighted by atomic mass is 16.7. The maximum Gasteiger partial charge on any atom is 0.191 e. The number of para-hydroxylation sites is 1. The van der Waals surface area contributed by atoms with Gasteiger partial charge in [-0.1, -0.05) is 6.07 Å². The molecule has 0 amide bonds. The quantitative estimate of drug-likeness (QED) is 0.880. The number of aromatic nitrogens is 2. The minimum atomic E-state index is -0.469. The SMILES string of the molecule is COc1c(N)cccc1-c1ccn(C2CCC23OCCO3)n1. The van der Waals surface area contributed by atoms with Crippen LogP contribution in [0.15, 0.2) is 30.5 Å². The van der Waals surface area contributed by atoms with Gasteiger partial charge in [0.15, 0.2) is 11.5 Å². The summed E-state index contributed by atoms with van der Waals surface area (Å²) in [5.74, 6) is 0.188. The molecule has 1 saturated carbocycles. The lowest BCUT2D eigenvalue weighted by atomic mass is 9.85. The van der Waals surface area contributed by atoms with Crippen LogP contribution < -0.4 is 10.5 Å². The molecule has 1 saturated heterocycles. The number of benzene rings is 1. The molecule has 4 rings (SSSR count). The van der Waals surface area contributed by atoms with Crippen molar-refractivity contribution in [3.63, 3.8) is 0 Å². The fraction of sp³-hybridized carbons (Fsp3) is 0.438. The fourth-order valence-corrected chi connectivity index (χ4v) is 3.29. The number of methoxy groups -OCH3 is 1. The standard InChI is InChI=1S/C16H19N3O3/c1-20-15-11(3-2-4-12(15)17)13-6-8-19(18-13)14-5-7-16(14)21-9-10-22-16/h2-4,6,8,14H,5,7,9-10,17H2,1H3. The Bertz CT molecular complexity index is 692. The third-order valence-electron chi connectivity index (χ3n) is 4.50. The van der Waals surface area contributed by atoms with Gasteiger partial charge in [0, 0.05) is 18.2 Å². The van der Waals surface area contributed by atoms with Crippen LogP contribution >= 0.6 is 0 Å². The van der Waals surface area contributed by atoms with Crippen molar-refractivity contribution < 1.29 is 14.2 Å². The molecule has 2 N–H and O–H groups in total. The third-order valence-corrected chi connectivity index (χ3v) is 4.50. The van der Waals surface area contributed by atoms with Crippen molar-refractivity contribution in [2.45, 2.75) is 24.7 Å². The molecule has 0 bridgehead atoms. The average molecular weight is 301 g/mol. The Labute approximate surface area is 128 Å². The Morgan fingerprint density at radius 2 is 2.14 bits per heavy atom. The largest absolute Gasteiger partial charge is 0.494 e. The summed E-state index contributed by atoms with van der Waals surface area (Å²) in [6, 6.07) is 7.79. The Balaban J connectivity index is 1.66. The molecule has 0 radical (unpaired) electrons. The van der Waals surface area contributed by atoms with Gasteiger partial charge in [-0.3, -0.25) is 4.68 Å². The van der Waals surface area contributed by atoms with E-state index >= 15 is 0 Å². The van der Waals surface area contributed by atoms with Crippen LogP contribution in [0.1, 0.15) is 18.9 Å². The molecule has 1 aromatic heterocycles. The lowest BCUT2D eigenvalue weighted by Gasteiger charge is -2.44. The molecule has 2 aromatic rings. The fourth-order valence-electron chi connectivity index (χ4n) is 3.29. The summed E-state index contributed by atoms with van der Waals surface area (Å²) in [4.78, 5) is 0. The highest BCUT2D eigenvalue weighted by molar-refractivity contribution is 5.74. The van der Waals surface area contributed by atoms with E-state index in [1.807, 2.05) is 35.1 Å². The van der Waals surface area contributed by atoms with Gasteiger partial charge in [-0.25, -0.2) is 0 Å². The van der Waals surface area contributed by atoms with Gasteiger partial charge in [0.25, 0.3) is 0 Å². The number of nitrogen functional groups attached to an aromatic ring is 1. The summed E-state index contributed by atoms with van der Waals surface area (Å²) in [5, 5.41) is 4.69. The first kappa shape index (κ1) is 13.6. The number of hydrogen-bond donors (Lipinski definition) is 1. The van der Waals surface area contributed by atoms with Crippen molar-refractivity contribution in [3.05, 3.63) is 30.5 Å². The molecule has 2 fully saturated rings. The van der Waals surface area contributed by atoms with Crippen LogP contribution in [0.4, 0.5) is 5.69 Å². The third kappa shape index (κ3) is 1.91. The van der Waals surface area contributed by atoms with Crippen molar-refractivity contribution >= 4 is 5.69 Å². The number of nitrogens with zero attached hydrogens (tertiary/aromatic N) is 2. The van der Waals surface area contributed by atoms with E-state index in [1.54, 1.807) is 7.11 Å². The lowest BCUT2D eigenvalue weighted by molar-refractivity contribution is -0.242. The van der Waals surface area contributed by atoms with Crippen molar-refractivity contribution in [1.82, 2.24) is 9.78 Å². The highest BCUT2D eigenvalue weighted by Crippen LogP contribution is 2.48. The molecule has 6 nitrogen and oxygen atoms in total. The van der Waals surface area contributed by atoms with Crippen LogP contribution in [0, 0.1) is 0 Å². The number of rotatable bonds is 3. The Hall–Kier alpha value is -2.05. The second kappa shape index (κ2) is 5.00. The molecule has 22 heavy (non-hydrogen) atoms. The molecule has 116 valence electrons. The van der Waals surface area contributed by atoms with Gasteiger partial charge in [-0.05, 0) is 24.6 Å². The van der Waals surface area contributed by atoms with E-state index < -0.39 is 5.79 Å². The lowest BCUT2D eigenvalue weighted by Crippen LogP contribution is -2.49. The summed E-state index contributed by atoms with van der Waals surface area (Å²) in [5.41, 5.74) is 8.31. The predicted molar refractivity (Wildman–Crippen MR) is 81.5 cm³/mol. The van der Waals surface area contributed by atoms with Gasteiger partial charge in [0.05, 0.1) is 31.7 Å². The van der Waals surface area contributed by atoms with Crippen molar-refractivity contribution in [2.24, 2.45) is 0 Å². The second-order valence-corrected chi connectivity index (χ2v) is 5.67. The van der Waals surface area contributed by atoms with E-state index in [2.05, 4.69) is 0 Å². The summed E-state index contributed by atoms with van der Waals surface area (Å²) in [7, 11) is 1.62. The molecule has 2 aliphatic rings. The molecule has 1 spiro atoms. The number of ether oxygens (including phenoxy) is 3. The normalized spacial score (nSPS) is 22.7. The minimum Gasteiger partial charge on any atom is -0.494 e. The van der Waals surface area contributed by atoms with Crippen LogP contribution in [0.2, 0.25) is 0 Å². The van der Waals surface area contributed by atoms with Gasteiger partial charge in [0.2, 0.25) is 0 Å². The summed E-state index contributed by atoms with van der Waals surface area (Å²) in [6.45, 7) is 1.32. The average Bonchev–Trinajstić information content (AvgIpc) is 3.16. The number of hydrogen-bond acceptors (Lipinski definition) is 5. The number of nitrogens with two attached hydrogens (primary N) is 1. The van der Waals surface area contributed by atoms with Crippen LogP contribution in [0.5, 0.6) is 5.75 Å². The first-order chi connectivity index (χ1) is 10.7. The minimum absolute atomic E-state index is 0.135. The molecular formula is C16H19N3O3. The molecule has 1 aromatic carbocycles. The second-order valence-electron chi connectivity index (χ2n) is 5.67. The number of anilines is 1. The monoisotopic (exact) mass is 301 g/mol. The maximum absolute atomic E-state index is 5.97. The summed E-state index contributed by atoms with van der Waals surface area (Å²) >= 11 is 0. The first-order valence-electron chi connectivity index (χ1n) is 7.49. The molecular weight excluding hydrogens is 282 g/mol. The molecule has 6 heteroatoms. The van der Waals surface area contributed by atoms with Crippen LogP contribution in [0.25, 0.3) is 11.3 Å². The van der Waals surface area contributed by atoms with E-state index in [4.69, 9.17) is 25.0 Å². The van der Waals surface area contributed by atoms with E-state index in [1.165, 1.54) is 0 Å². The molecule has 1 aliphatic heterocycles. The summed E-state index contributed by atoms with van der Waals surface area (Å²) < 4.78 is 18.9. The van der Waals surface area contributed by atoms with Crippen molar-refractivity contribution in [3.8, 4) is 17.0 Å². The van der Waals surface area contributed by atoms with Gasteiger partial charge >= 0.3 is 0 Å². The molecule has 1 atom stereocenters. The van der Waals surface area contributed by atoms with Crippen molar-refractivity contribution in [1.29, 1.82) is 0 Å². The van der Waals surface area contributed by atoms with Crippen molar-refractivity contribution in [2.75, 3.05) is 26.1 Å². The zero-order chi connectivity index (χ0) is 15.2. The van der Waals surface area contributed by atoms with Crippen LogP contribution in [0.3, 0.4) is 0 Å². The topological polar surface area (TPSA) is 71.5 Å². The Morgan fingerprint density at radius 3 is 2.82 bits per heavy atom. The Morgan fingerprint density at radius 1 is 1.32 bits per heavy atom. The summed E-state index contributed by atoms with van der Waals surface area (Å²) in [6.07, 6.45) is 3.90. The highest BCUT2D eigenvalue weighted by Gasteiger charge is 2.53. The van der Waals surface area contributed by atoms with Gasteiger partial charge < -0.3 is 19.9 Å². The van der Waals surface area contributed by atoms with Gasteiger partial charge in [-0.15, -0.1) is 0 Å². The smallest absolute Gasteiger partial charge is 0.191 e. The van der Waals surface area contributed by atoms with Gasteiger partial charge in [-0.2, -0.15) is 5.10 Å².